The quantitative estimate of drug-likeness (QED) is 0.856. The van der Waals surface area contributed by atoms with Crippen LogP contribution in [0.15, 0.2) is 48.5 Å². The van der Waals surface area contributed by atoms with Gasteiger partial charge < -0.3 is 9.84 Å². The van der Waals surface area contributed by atoms with Crippen molar-refractivity contribution in [2.45, 2.75) is 6.61 Å². The van der Waals surface area contributed by atoms with E-state index in [9.17, 15) is 4.39 Å². The zero-order chi connectivity index (χ0) is 13.5. The molecule has 3 heteroatoms. The highest BCUT2D eigenvalue weighted by molar-refractivity contribution is 5.38. The van der Waals surface area contributed by atoms with E-state index in [0.717, 1.165) is 11.3 Å². The van der Waals surface area contributed by atoms with Gasteiger partial charge in [0.1, 0.15) is 24.8 Å². The Bertz CT molecular complexity index is 597. The van der Waals surface area contributed by atoms with Crippen LogP contribution in [0.25, 0.3) is 0 Å². The number of aliphatic hydroxyl groups is 1. The molecule has 0 aliphatic heterocycles. The zero-order valence-corrected chi connectivity index (χ0v) is 10.3. The molecule has 2 rings (SSSR count). The summed E-state index contributed by atoms with van der Waals surface area (Å²) in [6.07, 6.45) is 0. The van der Waals surface area contributed by atoms with Crippen molar-refractivity contribution in [3.05, 3.63) is 65.5 Å². The van der Waals surface area contributed by atoms with Crippen LogP contribution >= 0.6 is 0 Å². The first-order chi connectivity index (χ1) is 9.29. The normalized spacial score (nSPS) is 9.58. The molecule has 0 radical (unpaired) electrons. The molecule has 2 nitrogen and oxygen atoms in total. The maximum absolute atomic E-state index is 13.4. The fourth-order valence-corrected chi connectivity index (χ4v) is 1.58. The average Bonchev–Trinajstić information content (AvgIpc) is 2.46. The Morgan fingerprint density at radius 2 is 1.89 bits per heavy atom. The van der Waals surface area contributed by atoms with E-state index >= 15 is 0 Å². The SMILES string of the molecule is OCC#Cc1cc(COc2ccccc2)ccc1F. The summed E-state index contributed by atoms with van der Waals surface area (Å²) in [5.41, 5.74) is 1.09. The van der Waals surface area contributed by atoms with Crippen LogP contribution in [0.2, 0.25) is 0 Å². The van der Waals surface area contributed by atoms with E-state index < -0.39 is 5.82 Å². The largest absolute Gasteiger partial charge is 0.489 e. The highest BCUT2D eigenvalue weighted by atomic mass is 19.1. The number of hydrogen-bond donors (Lipinski definition) is 1. The van der Waals surface area contributed by atoms with Gasteiger partial charge in [0.25, 0.3) is 0 Å². The van der Waals surface area contributed by atoms with Gasteiger partial charge in [-0.25, -0.2) is 4.39 Å². The molecule has 0 heterocycles. The van der Waals surface area contributed by atoms with Gasteiger partial charge in [0, 0.05) is 0 Å². The fourth-order valence-electron chi connectivity index (χ4n) is 1.58. The second-order valence-corrected chi connectivity index (χ2v) is 3.88. The number of aliphatic hydroxyl groups excluding tert-OH is 1. The number of rotatable bonds is 3. The van der Waals surface area contributed by atoms with Crippen molar-refractivity contribution >= 4 is 0 Å². The number of para-hydroxylation sites is 1. The Kier molecular flexibility index (Phi) is 4.54. The third-order valence-electron chi connectivity index (χ3n) is 2.48. The molecule has 19 heavy (non-hydrogen) atoms. The van der Waals surface area contributed by atoms with Gasteiger partial charge in [0.15, 0.2) is 0 Å². The Morgan fingerprint density at radius 1 is 1.11 bits per heavy atom. The summed E-state index contributed by atoms with van der Waals surface area (Å²) >= 11 is 0. The molecule has 0 fully saturated rings. The summed E-state index contributed by atoms with van der Waals surface area (Å²) < 4.78 is 19.0. The molecule has 0 amide bonds. The minimum atomic E-state index is -0.399. The first-order valence-corrected chi connectivity index (χ1v) is 5.85. The second kappa shape index (κ2) is 6.58. The van der Waals surface area contributed by atoms with Gasteiger partial charge in [0.2, 0.25) is 0 Å². The lowest BCUT2D eigenvalue weighted by molar-refractivity contribution is 0.306. The van der Waals surface area contributed by atoms with Crippen molar-refractivity contribution in [2.24, 2.45) is 0 Å². The van der Waals surface area contributed by atoms with Crippen molar-refractivity contribution in [1.29, 1.82) is 0 Å². The average molecular weight is 256 g/mol. The standard InChI is InChI=1S/C16H13FO2/c17-16-9-8-13(11-14(16)5-4-10-18)12-19-15-6-2-1-3-7-15/h1-3,6-9,11,18H,10,12H2. The van der Waals surface area contributed by atoms with Crippen molar-refractivity contribution < 1.29 is 14.2 Å². The summed E-state index contributed by atoms with van der Waals surface area (Å²) in [4.78, 5) is 0. The van der Waals surface area contributed by atoms with Crippen molar-refractivity contribution in [3.63, 3.8) is 0 Å². The minimum Gasteiger partial charge on any atom is -0.489 e. The zero-order valence-electron chi connectivity index (χ0n) is 10.3. The Morgan fingerprint density at radius 3 is 2.63 bits per heavy atom. The smallest absolute Gasteiger partial charge is 0.138 e. The fraction of sp³-hybridized carbons (Fsp3) is 0.125. The molecular weight excluding hydrogens is 243 g/mol. The molecule has 0 atom stereocenters. The van der Waals surface area contributed by atoms with Gasteiger partial charge in [-0.3, -0.25) is 0 Å². The van der Waals surface area contributed by atoms with Crippen molar-refractivity contribution in [2.75, 3.05) is 6.61 Å². The molecule has 0 bridgehead atoms. The van der Waals surface area contributed by atoms with Crippen molar-refractivity contribution in [1.82, 2.24) is 0 Å². The predicted molar refractivity (Wildman–Crippen MR) is 71.1 cm³/mol. The topological polar surface area (TPSA) is 29.5 Å². The molecule has 2 aromatic carbocycles. The van der Waals surface area contributed by atoms with Gasteiger partial charge in [-0.05, 0) is 29.8 Å². The number of hydrogen-bond acceptors (Lipinski definition) is 2. The lowest BCUT2D eigenvalue weighted by Crippen LogP contribution is -1.97. The van der Waals surface area contributed by atoms with Crippen LogP contribution < -0.4 is 4.74 Å². The van der Waals surface area contributed by atoms with Crippen molar-refractivity contribution in [3.8, 4) is 17.6 Å². The molecule has 0 spiro atoms. The lowest BCUT2D eigenvalue weighted by atomic mass is 10.1. The molecule has 2 aromatic rings. The minimum absolute atomic E-state index is 0.267. The molecule has 0 aliphatic carbocycles. The van der Waals surface area contributed by atoms with E-state index in [0.29, 0.717) is 6.61 Å². The highest BCUT2D eigenvalue weighted by Crippen LogP contribution is 2.14. The van der Waals surface area contributed by atoms with Gasteiger partial charge in [-0.1, -0.05) is 36.1 Å². The summed E-state index contributed by atoms with van der Waals surface area (Å²) in [5, 5.41) is 8.62. The summed E-state index contributed by atoms with van der Waals surface area (Å²) in [6, 6.07) is 14.0. The van der Waals surface area contributed by atoms with Crippen LogP contribution in [0.5, 0.6) is 5.75 Å². The molecule has 1 N–H and O–H groups in total. The van der Waals surface area contributed by atoms with E-state index in [2.05, 4.69) is 11.8 Å². The van der Waals surface area contributed by atoms with Crippen LogP contribution in [0.1, 0.15) is 11.1 Å². The maximum atomic E-state index is 13.4. The van der Waals surface area contributed by atoms with Gasteiger partial charge in [0.05, 0.1) is 5.56 Å². The Hall–Kier alpha value is -2.31. The van der Waals surface area contributed by atoms with Crippen LogP contribution in [0.4, 0.5) is 4.39 Å². The van der Waals surface area contributed by atoms with E-state index in [1.807, 2.05) is 30.3 Å². The molecule has 96 valence electrons. The third-order valence-corrected chi connectivity index (χ3v) is 2.48. The molecule has 0 saturated carbocycles. The molecule has 0 unspecified atom stereocenters. The monoisotopic (exact) mass is 256 g/mol. The second-order valence-electron chi connectivity index (χ2n) is 3.88. The third kappa shape index (κ3) is 3.84. The summed E-state index contributed by atoms with van der Waals surface area (Å²) in [5.74, 6) is 5.36. The van der Waals surface area contributed by atoms with Gasteiger partial charge >= 0.3 is 0 Å². The first kappa shape index (κ1) is 13.1. The van der Waals surface area contributed by atoms with E-state index in [1.165, 1.54) is 6.07 Å². The Balaban J connectivity index is 2.09. The highest BCUT2D eigenvalue weighted by Gasteiger charge is 2.02. The predicted octanol–water partition coefficient (Wildman–Crippen LogP) is 2.75. The van der Waals surface area contributed by atoms with E-state index in [-0.39, 0.29) is 12.2 Å². The molecule has 0 saturated heterocycles. The first-order valence-electron chi connectivity index (χ1n) is 5.85. The van der Waals surface area contributed by atoms with E-state index in [1.54, 1.807) is 12.1 Å². The molecular formula is C16H13FO2. The van der Waals surface area contributed by atoms with Crippen LogP contribution in [-0.4, -0.2) is 11.7 Å². The van der Waals surface area contributed by atoms with Crippen LogP contribution in [-0.2, 0) is 6.61 Å². The molecule has 0 aromatic heterocycles. The van der Waals surface area contributed by atoms with Crippen LogP contribution in [0.3, 0.4) is 0 Å². The van der Waals surface area contributed by atoms with Gasteiger partial charge in [-0.2, -0.15) is 0 Å². The number of halogens is 1. The lowest BCUT2D eigenvalue weighted by Gasteiger charge is -2.06. The van der Waals surface area contributed by atoms with Crippen LogP contribution in [0, 0.1) is 17.7 Å². The summed E-state index contributed by atoms with van der Waals surface area (Å²) in [7, 11) is 0. The van der Waals surface area contributed by atoms with Gasteiger partial charge in [-0.15, -0.1) is 0 Å². The number of benzene rings is 2. The maximum Gasteiger partial charge on any atom is 0.138 e. The van der Waals surface area contributed by atoms with E-state index in [4.69, 9.17) is 9.84 Å². The summed E-state index contributed by atoms with van der Waals surface area (Å²) in [6.45, 7) is 0.0578. The molecule has 0 aliphatic rings. The number of ether oxygens (including phenoxy) is 1. The Labute approximate surface area is 111 Å².